The Morgan fingerprint density at radius 2 is 1.80 bits per heavy atom. The highest BCUT2D eigenvalue weighted by Crippen LogP contribution is 2.36. The van der Waals surface area contributed by atoms with Gasteiger partial charge in [0.25, 0.3) is 0 Å². The van der Waals surface area contributed by atoms with Crippen LogP contribution in [0.5, 0.6) is 0 Å². The van der Waals surface area contributed by atoms with Crippen LogP contribution in [0.4, 0.5) is 8.78 Å². The van der Waals surface area contributed by atoms with Crippen LogP contribution in [-0.2, 0) is 6.42 Å². The van der Waals surface area contributed by atoms with Gasteiger partial charge < -0.3 is 0 Å². The largest absolute Gasteiger partial charge is 0.204 e. The third kappa shape index (κ3) is 2.76. The number of rotatable bonds is 3. The lowest BCUT2D eigenvalue weighted by Crippen LogP contribution is -1.95. The quantitative estimate of drug-likeness (QED) is 0.518. The van der Waals surface area contributed by atoms with E-state index in [0.29, 0.717) is 6.42 Å². The van der Waals surface area contributed by atoms with Crippen molar-refractivity contribution in [2.45, 2.75) is 11.2 Å². The number of halogens is 3. The summed E-state index contributed by atoms with van der Waals surface area (Å²) in [6.45, 7) is 0. The van der Waals surface area contributed by atoms with Crippen molar-refractivity contribution in [2.24, 2.45) is 0 Å². The second-order valence-corrected chi connectivity index (χ2v) is 6.83. The summed E-state index contributed by atoms with van der Waals surface area (Å²) >= 11 is 5.36. The Hall–Kier alpha value is -1.26. The minimum atomic E-state index is -0.804. The number of hydrogen-bond acceptors (Lipinski definition) is 1. The normalized spacial score (nSPS) is 12.8. The molecule has 4 heteroatoms. The lowest BCUT2D eigenvalue weighted by Gasteiger charge is -2.07. The highest BCUT2D eigenvalue weighted by atomic mass is 79.9. The molecule has 1 aromatic heterocycles. The monoisotopic (exact) mass is 352 g/mol. The third-order valence-corrected chi connectivity index (χ3v) is 5.50. The molecular formula is C16H11BrF2S. The number of benzene rings is 2. The second-order valence-electron chi connectivity index (χ2n) is 4.61. The van der Waals surface area contributed by atoms with Crippen LogP contribution in [0.25, 0.3) is 10.1 Å². The molecule has 0 aliphatic heterocycles. The molecule has 0 N–H and O–H groups in total. The summed E-state index contributed by atoms with van der Waals surface area (Å²) in [5.74, 6) is -1.60. The van der Waals surface area contributed by atoms with Gasteiger partial charge in [0.05, 0.1) is 4.83 Å². The minimum absolute atomic E-state index is 0.102. The minimum Gasteiger partial charge on any atom is -0.204 e. The van der Waals surface area contributed by atoms with Gasteiger partial charge in [-0.15, -0.1) is 11.3 Å². The lowest BCUT2D eigenvalue weighted by atomic mass is 10.1. The smallest absolute Gasteiger partial charge is 0.159 e. The van der Waals surface area contributed by atoms with Gasteiger partial charge in [-0.25, -0.2) is 8.78 Å². The second kappa shape index (κ2) is 5.62. The Morgan fingerprint density at radius 1 is 1.00 bits per heavy atom. The van der Waals surface area contributed by atoms with Crippen molar-refractivity contribution in [3.05, 3.63) is 70.6 Å². The van der Waals surface area contributed by atoms with Crippen molar-refractivity contribution in [3.8, 4) is 0 Å². The Balaban J connectivity index is 1.84. The molecule has 0 fully saturated rings. The molecule has 1 unspecified atom stereocenters. The molecule has 0 spiro atoms. The van der Waals surface area contributed by atoms with E-state index < -0.39 is 11.6 Å². The fourth-order valence-corrected chi connectivity index (χ4v) is 3.96. The third-order valence-electron chi connectivity index (χ3n) is 3.15. The van der Waals surface area contributed by atoms with Crippen LogP contribution in [0.15, 0.2) is 48.5 Å². The van der Waals surface area contributed by atoms with Crippen molar-refractivity contribution < 1.29 is 8.78 Å². The summed E-state index contributed by atoms with van der Waals surface area (Å²) in [5.41, 5.74) is 0.781. The summed E-state index contributed by atoms with van der Waals surface area (Å²) in [6.07, 6.45) is 0.629. The molecule has 2 aromatic carbocycles. The van der Waals surface area contributed by atoms with E-state index in [9.17, 15) is 8.78 Å². The van der Waals surface area contributed by atoms with E-state index in [0.717, 1.165) is 5.56 Å². The zero-order valence-electron chi connectivity index (χ0n) is 10.4. The maximum atomic E-state index is 13.2. The van der Waals surface area contributed by atoms with Crippen LogP contribution >= 0.6 is 27.3 Å². The van der Waals surface area contributed by atoms with Crippen LogP contribution < -0.4 is 0 Å². The van der Waals surface area contributed by atoms with Crippen molar-refractivity contribution in [3.63, 3.8) is 0 Å². The maximum Gasteiger partial charge on any atom is 0.159 e. The van der Waals surface area contributed by atoms with E-state index >= 15 is 0 Å². The summed E-state index contributed by atoms with van der Waals surface area (Å²) in [5, 5.41) is 1.21. The molecule has 0 radical (unpaired) electrons. The molecule has 0 saturated heterocycles. The zero-order valence-corrected chi connectivity index (χ0v) is 12.8. The van der Waals surface area contributed by atoms with Gasteiger partial charge in [-0.1, -0.05) is 40.2 Å². The van der Waals surface area contributed by atoms with Crippen molar-refractivity contribution in [1.29, 1.82) is 0 Å². The molecule has 0 aliphatic rings. The average molecular weight is 353 g/mol. The molecule has 3 rings (SSSR count). The van der Waals surface area contributed by atoms with Gasteiger partial charge in [-0.05, 0) is 41.6 Å². The Labute approximate surface area is 128 Å². The van der Waals surface area contributed by atoms with Crippen molar-refractivity contribution in [1.82, 2.24) is 0 Å². The summed E-state index contributed by atoms with van der Waals surface area (Å²) in [7, 11) is 0. The topological polar surface area (TPSA) is 0 Å². The first kappa shape index (κ1) is 13.7. The first-order valence-electron chi connectivity index (χ1n) is 6.20. The first-order valence-corrected chi connectivity index (χ1v) is 7.93. The van der Waals surface area contributed by atoms with E-state index in [1.54, 1.807) is 17.4 Å². The van der Waals surface area contributed by atoms with Crippen LogP contribution in [0, 0.1) is 11.6 Å². The average Bonchev–Trinajstić information content (AvgIpc) is 2.87. The fourth-order valence-electron chi connectivity index (χ4n) is 2.13. The molecule has 0 bridgehead atoms. The molecule has 0 nitrogen and oxygen atoms in total. The van der Waals surface area contributed by atoms with E-state index in [2.05, 4.69) is 34.1 Å². The Bertz CT molecular complexity index is 718. The van der Waals surface area contributed by atoms with Gasteiger partial charge in [0.15, 0.2) is 11.6 Å². The molecular weight excluding hydrogens is 342 g/mol. The number of fused-ring (bicyclic) bond motifs is 1. The maximum absolute atomic E-state index is 13.2. The Morgan fingerprint density at radius 3 is 2.55 bits per heavy atom. The summed E-state index contributed by atoms with van der Waals surface area (Å²) in [4.78, 5) is 1.29. The van der Waals surface area contributed by atoms with Crippen LogP contribution in [0.1, 0.15) is 15.3 Å². The van der Waals surface area contributed by atoms with Crippen molar-refractivity contribution in [2.75, 3.05) is 0 Å². The van der Waals surface area contributed by atoms with Crippen molar-refractivity contribution >= 4 is 37.4 Å². The molecule has 0 aliphatic carbocycles. The van der Waals surface area contributed by atoms with E-state index in [1.807, 2.05) is 12.1 Å². The van der Waals surface area contributed by atoms with E-state index in [-0.39, 0.29) is 4.83 Å². The van der Waals surface area contributed by atoms with Crippen LogP contribution in [-0.4, -0.2) is 0 Å². The molecule has 3 aromatic rings. The summed E-state index contributed by atoms with van der Waals surface area (Å²) in [6, 6.07) is 14.4. The predicted octanol–water partition coefficient (Wildman–Crippen LogP) is 5.86. The number of thiophene rings is 1. The van der Waals surface area contributed by atoms with Gasteiger partial charge in [0, 0.05) is 9.58 Å². The van der Waals surface area contributed by atoms with Gasteiger partial charge >= 0.3 is 0 Å². The van der Waals surface area contributed by atoms with Gasteiger partial charge in [0.2, 0.25) is 0 Å². The predicted molar refractivity (Wildman–Crippen MR) is 83.6 cm³/mol. The van der Waals surface area contributed by atoms with Crippen LogP contribution in [0.2, 0.25) is 0 Å². The molecule has 0 amide bonds. The Kier molecular flexibility index (Phi) is 3.85. The molecule has 1 heterocycles. The van der Waals surface area contributed by atoms with Gasteiger partial charge in [-0.3, -0.25) is 0 Å². The zero-order chi connectivity index (χ0) is 14.1. The first-order chi connectivity index (χ1) is 9.63. The lowest BCUT2D eigenvalue weighted by molar-refractivity contribution is 0.507. The highest BCUT2D eigenvalue weighted by Gasteiger charge is 2.13. The fraction of sp³-hybridized carbons (Fsp3) is 0.125. The number of alkyl halides is 1. The standard InChI is InChI=1S/C16H11BrF2S/c17-12(7-10-5-6-13(18)14(19)8-10)16-9-11-3-1-2-4-15(11)20-16/h1-6,8-9,12H,7H2. The molecule has 20 heavy (non-hydrogen) atoms. The molecule has 1 atom stereocenters. The molecule has 0 saturated carbocycles. The number of hydrogen-bond donors (Lipinski definition) is 0. The van der Waals surface area contributed by atoms with E-state index in [1.165, 1.54) is 27.1 Å². The van der Waals surface area contributed by atoms with Gasteiger partial charge in [0.1, 0.15) is 0 Å². The summed E-state index contributed by atoms with van der Waals surface area (Å²) < 4.78 is 27.4. The van der Waals surface area contributed by atoms with E-state index in [4.69, 9.17) is 0 Å². The highest BCUT2D eigenvalue weighted by molar-refractivity contribution is 9.09. The van der Waals surface area contributed by atoms with Crippen LogP contribution in [0.3, 0.4) is 0 Å². The SMILES string of the molecule is Fc1ccc(CC(Br)c2cc3ccccc3s2)cc1F. The van der Waals surface area contributed by atoms with Gasteiger partial charge in [-0.2, -0.15) is 0 Å². The molecule has 102 valence electrons.